The summed E-state index contributed by atoms with van der Waals surface area (Å²) in [6.07, 6.45) is -4.42. The number of nitrogens with zero attached hydrogens (tertiary/aromatic N) is 5. The van der Waals surface area contributed by atoms with E-state index in [2.05, 4.69) is 26.3 Å². The average molecular weight is 818 g/mol. The largest absolute Gasteiger partial charge is 0.465 e. The lowest BCUT2D eigenvalue weighted by Crippen LogP contribution is -2.54. The fourth-order valence-electron chi connectivity index (χ4n) is 7.50. The molecule has 2 aromatic carbocycles. The number of piperazine rings is 1. The van der Waals surface area contributed by atoms with Gasteiger partial charge in [-0.2, -0.15) is 21.6 Å². The molecule has 20 heteroatoms. The number of benzene rings is 2. The molecule has 4 amide bonds. The molecule has 3 saturated heterocycles. The van der Waals surface area contributed by atoms with Crippen molar-refractivity contribution in [3.05, 3.63) is 58.1 Å². The third kappa shape index (κ3) is 11.3. The lowest BCUT2D eigenvalue weighted by atomic mass is 9.99. The Labute approximate surface area is 323 Å². The molecule has 15 nitrogen and oxygen atoms in total. The van der Waals surface area contributed by atoms with E-state index in [1.807, 2.05) is 29.2 Å². The van der Waals surface area contributed by atoms with E-state index in [1.54, 1.807) is 0 Å². The molecule has 6 rings (SSSR count). The van der Waals surface area contributed by atoms with Gasteiger partial charge in [0, 0.05) is 83.1 Å². The summed E-state index contributed by atoms with van der Waals surface area (Å²) in [5.74, 6) is -0.740. The zero-order valence-corrected chi connectivity index (χ0v) is 32.0. The second kappa shape index (κ2) is 17.9. The Balaban J connectivity index is 0.000000235. The summed E-state index contributed by atoms with van der Waals surface area (Å²) in [7, 11) is -3.00. The number of rotatable bonds is 7. The Hall–Kier alpha value is -3.88. The number of para-hydroxylation sites is 1. The van der Waals surface area contributed by atoms with Crippen LogP contribution in [0.1, 0.15) is 42.4 Å². The van der Waals surface area contributed by atoms with E-state index in [9.17, 15) is 40.5 Å². The summed E-state index contributed by atoms with van der Waals surface area (Å²) in [6.45, 7) is 6.08. The van der Waals surface area contributed by atoms with Crippen molar-refractivity contribution in [2.24, 2.45) is 0 Å². The molecule has 4 aliphatic rings. The molecule has 4 heterocycles. The van der Waals surface area contributed by atoms with Crippen LogP contribution in [0.25, 0.3) is 0 Å². The summed E-state index contributed by atoms with van der Waals surface area (Å²) < 4.78 is 76.4. The standard InChI is InChI=1S/C20H28ClF3N4O5S.C15H19N3O3/c1-26-6-8-27(9-7-26)14-2-4-28(5-3-14)19(29)17(33-34(30,31)32)12-13-10-15(20(22,23)24)18(25)16(21)11-13;19-14-16-13-4-2-1-3-11(13)5-10-18(14)12-6-8-17(9-7-12)15(20)21/h10-11,14,17H,2-9,12,25H2,1H3,(H,30,31,32);1-4,12H,5-10H2,(H,16,19)(H,20,21)/t17-;/m1./s1. The normalized spacial score (nSPS) is 20.2. The van der Waals surface area contributed by atoms with Crippen LogP contribution in [-0.4, -0.2) is 145 Å². The van der Waals surface area contributed by atoms with Gasteiger partial charge in [0.25, 0.3) is 5.91 Å². The number of hydrogen-bond donors (Lipinski definition) is 4. The van der Waals surface area contributed by atoms with Gasteiger partial charge in [0.1, 0.15) is 0 Å². The number of amides is 4. The Bertz CT molecular complexity index is 1800. The molecule has 55 heavy (non-hydrogen) atoms. The van der Waals surface area contributed by atoms with Crippen LogP contribution in [0.5, 0.6) is 0 Å². The van der Waals surface area contributed by atoms with E-state index in [4.69, 9.17) is 22.4 Å². The van der Waals surface area contributed by atoms with Crippen molar-refractivity contribution in [3.8, 4) is 0 Å². The van der Waals surface area contributed by atoms with E-state index in [-0.39, 0.29) is 23.7 Å². The smallest absolute Gasteiger partial charge is 0.418 e. The third-order valence-corrected chi connectivity index (χ3v) is 11.4. The Morgan fingerprint density at radius 2 is 1.56 bits per heavy atom. The van der Waals surface area contributed by atoms with Crippen molar-refractivity contribution < 1.29 is 49.8 Å². The van der Waals surface area contributed by atoms with Gasteiger partial charge in [0.05, 0.1) is 16.3 Å². The van der Waals surface area contributed by atoms with Gasteiger partial charge in [-0.1, -0.05) is 29.8 Å². The molecule has 0 spiro atoms. The molecule has 3 fully saturated rings. The highest BCUT2D eigenvalue weighted by Crippen LogP contribution is 2.38. The first-order chi connectivity index (χ1) is 25.9. The second-order valence-electron chi connectivity index (χ2n) is 14.2. The van der Waals surface area contributed by atoms with Gasteiger partial charge >= 0.3 is 28.7 Å². The van der Waals surface area contributed by atoms with Gasteiger partial charge in [-0.25, -0.2) is 13.8 Å². The molecule has 0 saturated carbocycles. The number of likely N-dealkylation sites (N-methyl/N-ethyl adjacent to an activating group) is 1. The fourth-order valence-corrected chi connectivity index (χ4v) is 8.18. The summed E-state index contributed by atoms with van der Waals surface area (Å²) in [5.41, 5.74) is 5.46. The Kier molecular flexibility index (Phi) is 13.8. The van der Waals surface area contributed by atoms with Crippen LogP contribution >= 0.6 is 11.6 Å². The molecular weight excluding hydrogens is 771 g/mol. The minimum Gasteiger partial charge on any atom is -0.465 e. The highest BCUT2D eigenvalue weighted by Gasteiger charge is 2.37. The number of anilines is 2. The minimum atomic E-state index is -5.06. The summed E-state index contributed by atoms with van der Waals surface area (Å²) in [4.78, 5) is 45.7. The number of piperidine rings is 2. The van der Waals surface area contributed by atoms with Crippen LogP contribution < -0.4 is 11.1 Å². The Morgan fingerprint density at radius 1 is 0.964 bits per heavy atom. The van der Waals surface area contributed by atoms with Crippen molar-refractivity contribution >= 4 is 51.4 Å². The van der Waals surface area contributed by atoms with Gasteiger partial charge in [-0.15, -0.1) is 0 Å². The lowest BCUT2D eigenvalue weighted by molar-refractivity contribution is -0.140. The van der Waals surface area contributed by atoms with E-state index in [1.165, 1.54) is 9.80 Å². The third-order valence-electron chi connectivity index (χ3n) is 10.6. The monoisotopic (exact) mass is 817 g/mol. The highest BCUT2D eigenvalue weighted by atomic mass is 35.5. The topological polar surface area (TPSA) is 189 Å². The van der Waals surface area contributed by atoms with Crippen LogP contribution in [0.2, 0.25) is 5.02 Å². The molecule has 2 aromatic rings. The maximum Gasteiger partial charge on any atom is 0.418 e. The number of likely N-dealkylation sites (tertiary alicyclic amines) is 2. The van der Waals surface area contributed by atoms with E-state index in [0.717, 1.165) is 49.9 Å². The number of nitrogens with one attached hydrogen (secondary N) is 1. The number of nitrogen functional groups attached to an aromatic ring is 1. The molecule has 5 N–H and O–H groups in total. The van der Waals surface area contributed by atoms with Crippen LogP contribution in [0.3, 0.4) is 0 Å². The van der Waals surface area contributed by atoms with Gasteiger partial charge in [0.15, 0.2) is 6.10 Å². The summed E-state index contributed by atoms with van der Waals surface area (Å²) >= 11 is 5.83. The van der Waals surface area contributed by atoms with Crippen LogP contribution in [0.15, 0.2) is 36.4 Å². The second-order valence-corrected chi connectivity index (χ2v) is 15.6. The van der Waals surface area contributed by atoms with Crippen molar-refractivity contribution in [3.63, 3.8) is 0 Å². The molecule has 0 unspecified atom stereocenters. The molecule has 0 bridgehead atoms. The first kappa shape index (κ1) is 42.3. The van der Waals surface area contributed by atoms with Gasteiger partial charge in [-0.3, -0.25) is 14.2 Å². The quantitative estimate of drug-likeness (QED) is 0.232. The van der Waals surface area contributed by atoms with Gasteiger partial charge < -0.3 is 35.8 Å². The van der Waals surface area contributed by atoms with Crippen molar-refractivity contribution in [2.75, 3.05) is 77.0 Å². The van der Waals surface area contributed by atoms with Crippen LogP contribution in [0.4, 0.5) is 34.1 Å². The number of carbonyl (C=O) groups excluding carboxylic acids is 2. The number of urea groups is 1. The van der Waals surface area contributed by atoms with Crippen LogP contribution in [-0.2, 0) is 38.4 Å². The summed E-state index contributed by atoms with van der Waals surface area (Å²) in [6, 6.07) is 9.98. The molecule has 0 aromatic heterocycles. The van der Waals surface area contributed by atoms with Crippen molar-refractivity contribution in [2.45, 2.75) is 62.9 Å². The average Bonchev–Trinajstić information content (AvgIpc) is 3.30. The molecule has 304 valence electrons. The van der Waals surface area contributed by atoms with E-state index in [0.29, 0.717) is 64.5 Å². The van der Waals surface area contributed by atoms with Crippen LogP contribution in [0, 0.1) is 0 Å². The molecule has 1 atom stereocenters. The summed E-state index contributed by atoms with van der Waals surface area (Å²) in [5, 5.41) is 11.6. The lowest BCUT2D eigenvalue weighted by Gasteiger charge is -2.42. The highest BCUT2D eigenvalue weighted by molar-refractivity contribution is 7.80. The first-order valence-corrected chi connectivity index (χ1v) is 19.8. The SMILES string of the molecule is CN1CCN(C2CCN(C(=O)[C@@H](Cc3cc(Cl)c(N)c(C(F)(F)F)c3)OS(=O)(=O)O)CC2)CC1.O=C(O)N1CCC(N2CCc3ccccc3NC2=O)CC1. The molecular formula is C35H47ClF3N7O8S. The van der Waals surface area contributed by atoms with Gasteiger partial charge in [0.2, 0.25) is 0 Å². The number of carboxylic acid groups (broad SMARTS) is 1. The fraction of sp³-hybridized carbons (Fsp3) is 0.571. The molecule has 0 radical (unpaired) electrons. The maximum atomic E-state index is 13.3. The minimum absolute atomic E-state index is 0.0753. The zero-order valence-electron chi connectivity index (χ0n) is 30.4. The van der Waals surface area contributed by atoms with Crippen molar-refractivity contribution in [1.29, 1.82) is 0 Å². The number of hydrogen-bond acceptors (Lipinski definition) is 9. The number of alkyl halides is 3. The van der Waals surface area contributed by atoms with E-state index < -0.39 is 57.4 Å². The number of fused-ring (bicyclic) bond motifs is 1. The zero-order chi connectivity index (χ0) is 40.1. The number of carbonyl (C=O) groups is 3. The first-order valence-electron chi connectivity index (χ1n) is 18.0. The molecule has 0 aliphatic carbocycles. The number of nitrogens with two attached hydrogens (primary N) is 1. The van der Waals surface area contributed by atoms with E-state index >= 15 is 0 Å². The predicted molar refractivity (Wildman–Crippen MR) is 198 cm³/mol. The predicted octanol–water partition coefficient (Wildman–Crippen LogP) is 4.13. The number of halogens is 4. The molecule has 4 aliphatic heterocycles. The maximum absolute atomic E-state index is 13.3. The van der Waals surface area contributed by atoms with Gasteiger partial charge in [-0.05, 0) is 68.5 Å². The Morgan fingerprint density at radius 3 is 2.16 bits per heavy atom. The van der Waals surface area contributed by atoms with Crippen molar-refractivity contribution in [1.82, 2.24) is 24.5 Å².